The van der Waals surface area contributed by atoms with Crippen LogP contribution < -0.4 is 0 Å². The summed E-state index contributed by atoms with van der Waals surface area (Å²) in [6.45, 7) is 6.02. The molecule has 150 valence electrons. The van der Waals surface area contributed by atoms with Gasteiger partial charge in [0.15, 0.2) is 0 Å². The molecule has 3 aliphatic rings. The second kappa shape index (κ2) is 7.31. The van der Waals surface area contributed by atoms with Crippen molar-refractivity contribution >= 4 is 0 Å². The zero-order valence-corrected chi connectivity index (χ0v) is 17.5. The lowest BCUT2D eigenvalue weighted by Crippen LogP contribution is -2.50. The number of rotatable bonds is 4. The van der Waals surface area contributed by atoms with Crippen molar-refractivity contribution in [1.29, 1.82) is 0 Å². The molecule has 1 atom stereocenters. The minimum absolute atomic E-state index is 0.498. The van der Waals surface area contributed by atoms with E-state index in [4.69, 9.17) is 0 Å². The molecule has 1 spiro atoms. The molecular weight excluding hydrogens is 344 g/mol. The summed E-state index contributed by atoms with van der Waals surface area (Å²) >= 11 is 0. The fourth-order valence-electron chi connectivity index (χ4n) is 5.90. The van der Waals surface area contributed by atoms with Crippen LogP contribution in [0.15, 0.2) is 36.5 Å². The average molecular weight is 379 g/mol. The number of benzene rings is 1. The molecule has 0 bridgehead atoms. The number of aromatic nitrogens is 2. The number of hydrogen-bond acceptors (Lipinski definition) is 3. The molecule has 1 aromatic heterocycles. The fraction of sp³-hybridized carbons (Fsp3) is 0.625. The average Bonchev–Trinajstić information content (AvgIpc) is 3.47. The van der Waals surface area contributed by atoms with E-state index in [0.29, 0.717) is 11.3 Å². The summed E-state index contributed by atoms with van der Waals surface area (Å²) in [6.07, 6.45) is 8.85. The van der Waals surface area contributed by atoms with Crippen molar-refractivity contribution in [3.05, 3.63) is 53.3 Å². The van der Waals surface area contributed by atoms with Crippen molar-refractivity contribution in [2.75, 3.05) is 33.2 Å². The normalized spacial score (nSPS) is 26.0. The lowest BCUT2D eigenvalue weighted by atomic mass is 9.68. The van der Waals surface area contributed by atoms with Gasteiger partial charge in [0, 0.05) is 43.9 Å². The molecule has 0 unspecified atom stereocenters. The first-order chi connectivity index (χ1) is 13.6. The predicted octanol–water partition coefficient (Wildman–Crippen LogP) is 4.00. The van der Waals surface area contributed by atoms with Gasteiger partial charge in [0.05, 0.1) is 6.20 Å². The third-order valence-electron chi connectivity index (χ3n) is 7.43. The number of piperidine rings is 2. The Bertz CT molecular complexity index is 799. The van der Waals surface area contributed by atoms with E-state index in [2.05, 4.69) is 70.2 Å². The van der Waals surface area contributed by atoms with Crippen molar-refractivity contribution in [3.63, 3.8) is 0 Å². The van der Waals surface area contributed by atoms with Gasteiger partial charge in [-0.25, -0.2) is 0 Å². The second-order valence-corrected chi connectivity index (χ2v) is 9.74. The third kappa shape index (κ3) is 3.65. The second-order valence-electron chi connectivity index (χ2n) is 9.74. The number of aryl methyl sites for hydroxylation is 1. The highest BCUT2D eigenvalue weighted by Crippen LogP contribution is 2.45. The van der Waals surface area contributed by atoms with Gasteiger partial charge in [0.2, 0.25) is 0 Å². The molecule has 1 saturated carbocycles. The largest absolute Gasteiger partial charge is 0.305 e. The summed E-state index contributed by atoms with van der Waals surface area (Å²) < 4.78 is 2.12. The van der Waals surface area contributed by atoms with Gasteiger partial charge in [-0.15, -0.1) is 0 Å². The number of hydrogen-bond donors (Lipinski definition) is 0. The van der Waals surface area contributed by atoms with Crippen LogP contribution in [0, 0.1) is 5.41 Å². The maximum atomic E-state index is 4.56. The van der Waals surface area contributed by atoms with Crippen LogP contribution >= 0.6 is 0 Å². The molecule has 2 aromatic rings. The van der Waals surface area contributed by atoms with Gasteiger partial charge in [-0.1, -0.05) is 30.3 Å². The van der Waals surface area contributed by atoms with E-state index in [-0.39, 0.29) is 0 Å². The van der Waals surface area contributed by atoms with E-state index in [0.717, 1.165) is 12.5 Å². The summed E-state index contributed by atoms with van der Waals surface area (Å²) in [4.78, 5) is 5.27. The Morgan fingerprint density at radius 1 is 1.04 bits per heavy atom. The van der Waals surface area contributed by atoms with Crippen LogP contribution in [0.5, 0.6) is 0 Å². The first-order valence-electron chi connectivity index (χ1n) is 11.1. The maximum absolute atomic E-state index is 4.56. The van der Waals surface area contributed by atoms with Crippen LogP contribution in [-0.4, -0.2) is 52.8 Å². The quantitative estimate of drug-likeness (QED) is 0.804. The molecule has 0 amide bonds. The third-order valence-corrected chi connectivity index (χ3v) is 7.43. The molecular formula is C24H34N4. The molecule has 0 radical (unpaired) electrons. The van der Waals surface area contributed by atoms with Crippen molar-refractivity contribution in [2.24, 2.45) is 12.5 Å². The minimum atomic E-state index is 0.498. The van der Waals surface area contributed by atoms with Crippen LogP contribution in [-0.2, 0) is 13.6 Å². The Kier molecular flexibility index (Phi) is 4.80. The van der Waals surface area contributed by atoms with Crippen molar-refractivity contribution < 1.29 is 0 Å². The zero-order chi connectivity index (χ0) is 19.1. The Morgan fingerprint density at radius 3 is 2.50 bits per heavy atom. The summed E-state index contributed by atoms with van der Waals surface area (Å²) in [5.41, 5.74) is 5.00. The summed E-state index contributed by atoms with van der Waals surface area (Å²) in [5.74, 6) is 1.46. The van der Waals surface area contributed by atoms with E-state index in [1.54, 1.807) is 0 Å². The molecule has 4 nitrogen and oxygen atoms in total. The van der Waals surface area contributed by atoms with E-state index >= 15 is 0 Å². The topological polar surface area (TPSA) is 24.3 Å². The van der Waals surface area contributed by atoms with Crippen molar-refractivity contribution in [2.45, 2.75) is 50.5 Å². The number of likely N-dealkylation sites (N-methyl/N-ethyl adjacent to an activating group) is 1. The molecule has 1 aliphatic carbocycles. The van der Waals surface area contributed by atoms with Crippen LogP contribution in [0.4, 0.5) is 0 Å². The zero-order valence-electron chi connectivity index (χ0n) is 17.5. The Balaban J connectivity index is 1.25. The molecule has 3 fully saturated rings. The van der Waals surface area contributed by atoms with E-state index in [9.17, 15) is 0 Å². The van der Waals surface area contributed by atoms with Crippen LogP contribution in [0.25, 0.3) is 0 Å². The lowest BCUT2D eigenvalue weighted by molar-refractivity contribution is 0.0218. The summed E-state index contributed by atoms with van der Waals surface area (Å²) in [7, 11) is 4.44. The maximum Gasteiger partial charge on any atom is 0.0537 e. The standard InChI is InChI=1S/C24H34N4/c1-26-16-21(19-6-4-3-5-7-19)14-24(18-26)10-12-28(13-11-24)17-22-15-25-27(2)23(22)20-8-9-20/h3-7,15,20-21H,8-14,16-18H2,1-2H3/t21-/m1/s1. The minimum Gasteiger partial charge on any atom is -0.305 e. The highest BCUT2D eigenvalue weighted by Gasteiger charge is 2.41. The van der Waals surface area contributed by atoms with Crippen molar-refractivity contribution in [3.8, 4) is 0 Å². The SMILES string of the molecule is CN1C[C@H](c2ccccc2)CC2(CCN(Cc3cnn(C)c3C3CC3)CC2)C1. The molecule has 28 heavy (non-hydrogen) atoms. The van der Waals surface area contributed by atoms with Gasteiger partial charge >= 0.3 is 0 Å². The molecule has 2 aliphatic heterocycles. The van der Waals surface area contributed by atoms with E-state index in [1.165, 1.54) is 75.1 Å². The van der Waals surface area contributed by atoms with Crippen LogP contribution in [0.2, 0.25) is 0 Å². The molecule has 1 aromatic carbocycles. The smallest absolute Gasteiger partial charge is 0.0537 e. The van der Waals surface area contributed by atoms with Gasteiger partial charge < -0.3 is 4.90 Å². The van der Waals surface area contributed by atoms with Crippen molar-refractivity contribution in [1.82, 2.24) is 19.6 Å². The monoisotopic (exact) mass is 378 g/mol. The Morgan fingerprint density at radius 2 is 1.79 bits per heavy atom. The lowest BCUT2D eigenvalue weighted by Gasteiger charge is -2.49. The van der Waals surface area contributed by atoms with Crippen LogP contribution in [0.3, 0.4) is 0 Å². The van der Waals surface area contributed by atoms with Gasteiger partial charge in [-0.2, -0.15) is 5.10 Å². The summed E-state index contributed by atoms with van der Waals surface area (Å²) in [5, 5.41) is 4.56. The van der Waals surface area contributed by atoms with E-state index in [1.807, 2.05) is 0 Å². The van der Waals surface area contributed by atoms with Gasteiger partial charge in [0.1, 0.15) is 0 Å². The molecule has 5 rings (SSSR count). The van der Waals surface area contributed by atoms with E-state index < -0.39 is 0 Å². The Hall–Kier alpha value is -1.65. The van der Waals surface area contributed by atoms with Gasteiger partial charge in [-0.05, 0) is 69.1 Å². The first kappa shape index (κ1) is 18.4. The summed E-state index contributed by atoms with van der Waals surface area (Å²) in [6, 6.07) is 11.2. The molecule has 3 heterocycles. The number of likely N-dealkylation sites (tertiary alicyclic amines) is 2. The first-order valence-corrected chi connectivity index (χ1v) is 11.1. The van der Waals surface area contributed by atoms with Crippen LogP contribution in [0.1, 0.15) is 60.8 Å². The predicted molar refractivity (Wildman–Crippen MR) is 113 cm³/mol. The molecule has 0 N–H and O–H groups in total. The number of nitrogens with zero attached hydrogens (tertiary/aromatic N) is 4. The van der Waals surface area contributed by atoms with Gasteiger partial charge in [-0.3, -0.25) is 9.58 Å². The molecule has 4 heteroatoms. The highest BCUT2D eigenvalue weighted by molar-refractivity contribution is 5.26. The highest BCUT2D eigenvalue weighted by atomic mass is 15.3. The molecule has 2 saturated heterocycles. The fourth-order valence-corrected chi connectivity index (χ4v) is 5.90. The Labute approximate surface area is 169 Å². The van der Waals surface area contributed by atoms with Gasteiger partial charge in [0.25, 0.3) is 0 Å².